The van der Waals surface area contributed by atoms with E-state index in [1.54, 1.807) is 0 Å². The minimum absolute atomic E-state index is 0.634. The fraction of sp³-hybridized carbons (Fsp3) is 0.571. The Morgan fingerprint density at radius 1 is 1.41 bits per heavy atom. The van der Waals surface area contributed by atoms with Crippen molar-refractivity contribution in [1.82, 2.24) is 5.32 Å². The van der Waals surface area contributed by atoms with Crippen molar-refractivity contribution in [2.75, 3.05) is 25.1 Å². The van der Waals surface area contributed by atoms with Gasteiger partial charge in [0.2, 0.25) is 0 Å². The normalized spacial score (nSPS) is 12.6. The molecule has 1 N–H and O–H groups in total. The molecule has 1 nitrogen and oxygen atoms in total. The Kier molecular flexibility index (Phi) is 7.99. The third-order valence-electron chi connectivity index (χ3n) is 2.82. The van der Waals surface area contributed by atoms with E-state index in [2.05, 4.69) is 52.4 Å². The van der Waals surface area contributed by atoms with E-state index in [-0.39, 0.29) is 0 Å². The van der Waals surface area contributed by atoms with Gasteiger partial charge in [-0.2, -0.15) is 11.8 Å². The van der Waals surface area contributed by atoms with Gasteiger partial charge in [-0.25, -0.2) is 0 Å². The molecule has 0 saturated heterocycles. The molecule has 0 heterocycles. The summed E-state index contributed by atoms with van der Waals surface area (Å²) in [4.78, 5) is 0. The van der Waals surface area contributed by atoms with Gasteiger partial charge < -0.3 is 5.32 Å². The van der Waals surface area contributed by atoms with Crippen LogP contribution in [0.5, 0.6) is 0 Å². The number of benzene rings is 1. The summed E-state index contributed by atoms with van der Waals surface area (Å²) < 4.78 is 1.18. The SMILES string of the molecule is CCSCCCC(CNC)c1cccc(Br)c1. The van der Waals surface area contributed by atoms with Gasteiger partial charge in [0.15, 0.2) is 0 Å². The van der Waals surface area contributed by atoms with E-state index in [0.29, 0.717) is 5.92 Å². The van der Waals surface area contributed by atoms with Crippen molar-refractivity contribution in [3.8, 4) is 0 Å². The molecule has 0 amide bonds. The monoisotopic (exact) mass is 315 g/mol. The zero-order chi connectivity index (χ0) is 12.5. The van der Waals surface area contributed by atoms with Gasteiger partial charge in [0.25, 0.3) is 0 Å². The number of nitrogens with one attached hydrogen (secondary N) is 1. The predicted octanol–water partition coefficient (Wildman–Crippen LogP) is 4.29. The summed E-state index contributed by atoms with van der Waals surface area (Å²) in [7, 11) is 2.03. The lowest BCUT2D eigenvalue weighted by molar-refractivity contribution is 0.578. The van der Waals surface area contributed by atoms with Crippen LogP contribution in [0.4, 0.5) is 0 Å². The Balaban J connectivity index is 2.52. The number of rotatable bonds is 8. The standard InChI is InChI=1S/C14H22BrNS/c1-3-17-9-5-7-13(11-16-2)12-6-4-8-14(15)10-12/h4,6,8,10,13,16H,3,5,7,9,11H2,1-2H3. The maximum atomic E-state index is 3.55. The van der Waals surface area contributed by atoms with E-state index < -0.39 is 0 Å². The topological polar surface area (TPSA) is 12.0 Å². The van der Waals surface area contributed by atoms with Crippen molar-refractivity contribution < 1.29 is 0 Å². The summed E-state index contributed by atoms with van der Waals surface area (Å²) in [6.45, 7) is 3.29. The highest BCUT2D eigenvalue weighted by atomic mass is 79.9. The first-order chi connectivity index (χ1) is 8.27. The average Bonchev–Trinajstić information content (AvgIpc) is 2.33. The third kappa shape index (κ3) is 5.94. The van der Waals surface area contributed by atoms with Crippen molar-refractivity contribution in [3.05, 3.63) is 34.3 Å². The second-order valence-corrected chi connectivity index (χ2v) is 6.46. The molecule has 1 rings (SSSR count). The van der Waals surface area contributed by atoms with Gasteiger partial charge in [0.1, 0.15) is 0 Å². The zero-order valence-corrected chi connectivity index (χ0v) is 13.1. The summed E-state index contributed by atoms with van der Waals surface area (Å²) in [5, 5.41) is 3.30. The molecule has 1 aromatic rings. The van der Waals surface area contributed by atoms with Gasteiger partial charge in [-0.05, 0) is 55.0 Å². The van der Waals surface area contributed by atoms with E-state index in [4.69, 9.17) is 0 Å². The molecule has 0 bridgehead atoms. The Morgan fingerprint density at radius 2 is 2.24 bits per heavy atom. The maximum Gasteiger partial charge on any atom is 0.0178 e. The lowest BCUT2D eigenvalue weighted by Crippen LogP contribution is -2.17. The van der Waals surface area contributed by atoms with Crippen LogP contribution in [0.2, 0.25) is 0 Å². The van der Waals surface area contributed by atoms with Crippen LogP contribution in [0, 0.1) is 0 Å². The van der Waals surface area contributed by atoms with Crippen LogP contribution < -0.4 is 5.32 Å². The molecule has 1 atom stereocenters. The van der Waals surface area contributed by atoms with E-state index in [0.717, 1.165) is 6.54 Å². The van der Waals surface area contributed by atoms with E-state index in [1.807, 2.05) is 18.8 Å². The Labute approximate surface area is 118 Å². The van der Waals surface area contributed by atoms with Crippen molar-refractivity contribution in [2.24, 2.45) is 0 Å². The number of hydrogen-bond donors (Lipinski definition) is 1. The summed E-state index contributed by atoms with van der Waals surface area (Å²) in [6, 6.07) is 8.70. The molecule has 96 valence electrons. The fourth-order valence-electron chi connectivity index (χ4n) is 1.97. The first-order valence-corrected chi connectivity index (χ1v) is 8.20. The zero-order valence-electron chi connectivity index (χ0n) is 10.7. The summed E-state index contributed by atoms with van der Waals surface area (Å²) in [6.07, 6.45) is 2.57. The summed E-state index contributed by atoms with van der Waals surface area (Å²) in [5.41, 5.74) is 1.44. The molecular weight excluding hydrogens is 294 g/mol. The summed E-state index contributed by atoms with van der Waals surface area (Å²) >= 11 is 5.59. The molecule has 1 unspecified atom stereocenters. The smallest absolute Gasteiger partial charge is 0.0178 e. The minimum atomic E-state index is 0.634. The number of halogens is 1. The Bertz CT molecular complexity index is 317. The molecule has 0 aliphatic heterocycles. The molecular formula is C14H22BrNS. The minimum Gasteiger partial charge on any atom is -0.319 e. The summed E-state index contributed by atoms with van der Waals surface area (Å²) in [5.74, 6) is 3.15. The van der Waals surface area contributed by atoms with Gasteiger partial charge in [-0.15, -0.1) is 0 Å². The van der Waals surface area contributed by atoms with E-state index in [9.17, 15) is 0 Å². The highest BCUT2D eigenvalue weighted by molar-refractivity contribution is 9.10. The number of hydrogen-bond acceptors (Lipinski definition) is 2. The Morgan fingerprint density at radius 3 is 2.88 bits per heavy atom. The highest BCUT2D eigenvalue weighted by Gasteiger charge is 2.10. The second kappa shape index (κ2) is 9.01. The second-order valence-electron chi connectivity index (χ2n) is 4.15. The molecule has 0 spiro atoms. The molecule has 17 heavy (non-hydrogen) atoms. The van der Waals surface area contributed by atoms with Gasteiger partial charge in [-0.3, -0.25) is 0 Å². The van der Waals surface area contributed by atoms with Gasteiger partial charge in [-0.1, -0.05) is 35.0 Å². The van der Waals surface area contributed by atoms with Crippen molar-refractivity contribution in [3.63, 3.8) is 0 Å². The maximum absolute atomic E-state index is 3.55. The molecule has 0 aliphatic rings. The van der Waals surface area contributed by atoms with Gasteiger partial charge in [0.05, 0.1) is 0 Å². The Hall–Kier alpha value is 0.01000. The van der Waals surface area contributed by atoms with Crippen LogP contribution >= 0.6 is 27.7 Å². The number of likely N-dealkylation sites (N-methyl/N-ethyl adjacent to an activating group) is 1. The third-order valence-corrected chi connectivity index (χ3v) is 4.29. The lowest BCUT2D eigenvalue weighted by atomic mass is 9.94. The fourth-order valence-corrected chi connectivity index (χ4v) is 3.05. The predicted molar refractivity (Wildman–Crippen MR) is 83.0 cm³/mol. The van der Waals surface area contributed by atoms with Crippen LogP contribution in [0.1, 0.15) is 31.2 Å². The molecule has 0 fully saturated rings. The van der Waals surface area contributed by atoms with Crippen LogP contribution in [0.3, 0.4) is 0 Å². The van der Waals surface area contributed by atoms with E-state index >= 15 is 0 Å². The van der Waals surface area contributed by atoms with Crippen molar-refractivity contribution in [2.45, 2.75) is 25.7 Å². The molecule has 0 aliphatic carbocycles. The molecule has 0 saturated carbocycles. The van der Waals surface area contributed by atoms with Crippen LogP contribution in [-0.4, -0.2) is 25.1 Å². The van der Waals surface area contributed by atoms with Gasteiger partial charge >= 0.3 is 0 Å². The lowest BCUT2D eigenvalue weighted by Gasteiger charge is -2.17. The highest BCUT2D eigenvalue weighted by Crippen LogP contribution is 2.24. The number of thioether (sulfide) groups is 1. The quantitative estimate of drug-likeness (QED) is 0.718. The van der Waals surface area contributed by atoms with Gasteiger partial charge in [0, 0.05) is 11.0 Å². The molecule has 0 aromatic heterocycles. The van der Waals surface area contributed by atoms with Crippen molar-refractivity contribution >= 4 is 27.7 Å². The average molecular weight is 316 g/mol. The van der Waals surface area contributed by atoms with Crippen molar-refractivity contribution in [1.29, 1.82) is 0 Å². The largest absolute Gasteiger partial charge is 0.319 e. The first kappa shape index (κ1) is 15.1. The van der Waals surface area contributed by atoms with E-state index in [1.165, 1.54) is 34.4 Å². The van der Waals surface area contributed by atoms with Crippen LogP contribution in [-0.2, 0) is 0 Å². The van der Waals surface area contributed by atoms with Crippen LogP contribution in [0.15, 0.2) is 28.7 Å². The molecule has 1 aromatic carbocycles. The van der Waals surface area contributed by atoms with Crippen LogP contribution in [0.25, 0.3) is 0 Å². The first-order valence-electron chi connectivity index (χ1n) is 6.25. The molecule has 0 radical (unpaired) electrons. The molecule has 3 heteroatoms.